The molecule has 0 aliphatic rings. The van der Waals surface area contributed by atoms with Crippen LogP contribution in [-0.4, -0.2) is 53.4 Å². The molecule has 3 heterocycles. The molecular weight excluding hydrogens is 544 g/mol. The van der Waals surface area contributed by atoms with Gasteiger partial charge >= 0.3 is 12.2 Å². The van der Waals surface area contributed by atoms with Gasteiger partial charge in [-0.25, -0.2) is 19.6 Å². The van der Waals surface area contributed by atoms with Crippen LogP contribution in [0.15, 0.2) is 91.1 Å². The second-order valence-electron chi connectivity index (χ2n) is 9.94. The first-order valence-corrected chi connectivity index (χ1v) is 14.2. The number of benzene rings is 3. The van der Waals surface area contributed by atoms with E-state index in [1.54, 1.807) is 18.3 Å². The predicted molar refractivity (Wildman–Crippen MR) is 168 cm³/mol. The Bertz CT molecular complexity index is 1790. The molecule has 3 aromatic heterocycles. The summed E-state index contributed by atoms with van der Waals surface area (Å²) in [4.78, 5) is 38.1. The number of carbonyl (C=O) groups excluding carboxylic acids is 2. The number of pyridine rings is 3. The molecule has 0 aliphatic carbocycles. The molecule has 6 aromatic rings. The molecule has 0 bridgehead atoms. The van der Waals surface area contributed by atoms with Crippen LogP contribution >= 0.6 is 0 Å². The summed E-state index contributed by atoms with van der Waals surface area (Å²) in [6.07, 6.45) is 1.89. The Morgan fingerprint density at radius 2 is 1.12 bits per heavy atom. The summed E-state index contributed by atoms with van der Waals surface area (Å²) in [5.74, 6) is 0.848. The Balaban J connectivity index is 0.862. The fourth-order valence-electron chi connectivity index (χ4n) is 4.85. The van der Waals surface area contributed by atoms with Crippen LogP contribution in [0.3, 0.4) is 0 Å². The summed E-state index contributed by atoms with van der Waals surface area (Å²) >= 11 is 0. The number of nitrogens with one attached hydrogen (secondary N) is 3. The molecule has 43 heavy (non-hydrogen) atoms. The van der Waals surface area contributed by atoms with Crippen molar-refractivity contribution in [3.8, 4) is 0 Å². The number of rotatable bonds is 10. The van der Waals surface area contributed by atoms with Gasteiger partial charge in [0.05, 0.1) is 29.8 Å². The summed E-state index contributed by atoms with van der Waals surface area (Å²) in [6, 6.07) is 27.2. The topological polar surface area (TPSA) is 127 Å². The van der Waals surface area contributed by atoms with Crippen LogP contribution < -0.4 is 16.0 Å². The van der Waals surface area contributed by atoms with Gasteiger partial charge in [0, 0.05) is 27.7 Å². The fourth-order valence-corrected chi connectivity index (χ4v) is 4.85. The molecule has 10 heteroatoms. The first kappa shape index (κ1) is 27.8. The Morgan fingerprint density at radius 1 is 0.581 bits per heavy atom. The highest BCUT2D eigenvalue weighted by Gasteiger charge is 2.09. The lowest BCUT2D eigenvalue weighted by Crippen LogP contribution is -2.22. The number of fused-ring (bicyclic) bond motifs is 6. The maximum atomic E-state index is 12.2. The van der Waals surface area contributed by atoms with Crippen LogP contribution in [0.5, 0.6) is 0 Å². The average molecular weight is 575 g/mol. The number of hydrogen-bond acceptors (Lipinski definition) is 8. The summed E-state index contributed by atoms with van der Waals surface area (Å²) in [5.41, 5.74) is 2.34. The minimum absolute atomic E-state index is 0.254. The zero-order chi connectivity index (χ0) is 29.4. The van der Waals surface area contributed by atoms with E-state index < -0.39 is 12.2 Å². The van der Waals surface area contributed by atoms with Crippen molar-refractivity contribution in [1.82, 2.24) is 20.3 Å². The van der Waals surface area contributed by atoms with Gasteiger partial charge in [0.2, 0.25) is 0 Å². The monoisotopic (exact) mass is 574 g/mol. The minimum Gasteiger partial charge on any atom is -0.449 e. The largest absolute Gasteiger partial charge is 0.449 e. The van der Waals surface area contributed by atoms with E-state index in [0.29, 0.717) is 37.6 Å². The highest BCUT2D eigenvalue weighted by atomic mass is 16.6. The molecular formula is C33H30N6O4. The molecule has 216 valence electrons. The van der Waals surface area contributed by atoms with E-state index >= 15 is 0 Å². The molecule has 0 radical (unpaired) electrons. The lowest BCUT2D eigenvalue weighted by molar-refractivity contribution is 0.158. The van der Waals surface area contributed by atoms with Crippen molar-refractivity contribution in [3.05, 3.63) is 91.1 Å². The minimum atomic E-state index is -0.562. The Hall–Kier alpha value is -5.35. The van der Waals surface area contributed by atoms with Crippen LogP contribution in [0.1, 0.15) is 12.8 Å². The highest BCUT2D eigenvalue weighted by molar-refractivity contribution is 6.06. The van der Waals surface area contributed by atoms with Crippen molar-refractivity contribution in [2.24, 2.45) is 0 Å². The molecule has 0 aliphatic heterocycles. The Kier molecular flexibility index (Phi) is 8.46. The second-order valence-corrected chi connectivity index (χ2v) is 9.94. The first-order valence-electron chi connectivity index (χ1n) is 14.2. The molecule has 10 nitrogen and oxygen atoms in total. The number of nitrogens with zero attached hydrogens (tertiary/aromatic N) is 3. The lowest BCUT2D eigenvalue weighted by atomic mass is 10.1. The highest BCUT2D eigenvalue weighted by Crippen LogP contribution is 2.25. The average Bonchev–Trinajstić information content (AvgIpc) is 3.04. The van der Waals surface area contributed by atoms with E-state index in [1.165, 1.54) is 0 Å². The van der Waals surface area contributed by atoms with Gasteiger partial charge < -0.3 is 14.8 Å². The second kappa shape index (κ2) is 13.1. The van der Waals surface area contributed by atoms with Gasteiger partial charge in [-0.3, -0.25) is 15.6 Å². The molecule has 3 N–H and O–H groups in total. The third kappa shape index (κ3) is 6.77. The maximum absolute atomic E-state index is 12.2. The van der Waals surface area contributed by atoms with Crippen molar-refractivity contribution in [2.75, 3.05) is 36.9 Å². The number of anilines is 2. The Labute approximate surface area is 247 Å². The van der Waals surface area contributed by atoms with E-state index in [4.69, 9.17) is 9.47 Å². The first-order chi connectivity index (χ1) is 21.1. The molecule has 0 fully saturated rings. The van der Waals surface area contributed by atoms with Crippen molar-refractivity contribution in [2.45, 2.75) is 12.8 Å². The standard InChI is InChI=1S/C33H30N6O4/c40-32(38-27-15-13-24-10-9-22-6-1-2-8-26(22)29(24)36-27)42-20-4-17-34-18-5-21-43-33(41)39-28-16-14-25-12-11-23-7-3-19-35-30(23)31(25)37-28/h1-3,6-16,19,34H,4-5,17-18,20-21H2,(H,36,38,40)(H,37,39,41). The summed E-state index contributed by atoms with van der Waals surface area (Å²) in [6.45, 7) is 1.82. The number of carbonyl (C=O) groups is 2. The van der Waals surface area contributed by atoms with E-state index in [1.807, 2.05) is 66.7 Å². The van der Waals surface area contributed by atoms with Crippen molar-refractivity contribution < 1.29 is 19.1 Å². The van der Waals surface area contributed by atoms with Gasteiger partial charge in [-0.2, -0.15) is 0 Å². The predicted octanol–water partition coefficient (Wildman–Crippen LogP) is 6.65. The molecule has 0 saturated heterocycles. The van der Waals surface area contributed by atoms with Crippen molar-refractivity contribution in [3.63, 3.8) is 0 Å². The van der Waals surface area contributed by atoms with Crippen molar-refractivity contribution in [1.29, 1.82) is 0 Å². The van der Waals surface area contributed by atoms with E-state index in [2.05, 4.69) is 37.0 Å². The fraction of sp³-hybridized carbons (Fsp3) is 0.182. The summed E-state index contributed by atoms with van der Waals surface area (Å²) < 4.78 is 10.6. The Morgan fingerprint density at radius 3 is 1.81 bits per heavy atom. The van der Waals surface area contributed by atoms with E-state index in [-0.39, 0.29) is 13.2 Å². The smallest absolute Gasteiger partial charge is 0.412 e. The molecule has 3 aromatic carbocycles. The molecule has 0 atom stereocenters. The molecule has 2 amide bonds. The normalized spacial score (nSPS) is 11.2. The molecule has 6 rings (SSSR count). The van der Waals surface area contributed by atoms with Gasteiger partial charge in [0.15, 0.2) is 0 Å². The molecule has 0 unspecified atom stereocenters. The molecule has 0 spiro atoms. The van der Waals surface area contributed by atoms with Crippen molar-refractivity contribution >= 4 is 67.3 Å². The third-order valence-corrected chi connectivity index (χ3v) is 6.94. The summed E-state index contributed by atoms with van der Waals surface area (Å²) in [5, 5.41) is 13.7. The number of amides is 2. The van der Waals surface area contributed by atoms with E-state index in [9.17, 15) is 9.59 Å². The van der Waals surface area contributed by atoms with Gasteiger partial charge in [0.25, 0.3) is 0 Å². The van der Waals surface area contributed by atoms with E-state index in [0.717, 1.165) is 43.5 Å². The maximum Gasteiger partial charge on any atom is 0.412 e. The zero-order valence-electron chi connectivity index (χ0n) is 23.4. The zero-order valence-corrected chi connectivity index (χ0v) is 23.4. The number of aromatic nitrogens is 3. The van der Waals surface area contributed by atoms with Crippen LogP contribution in [0.25, 0.3) is 43.5 Å². The van der Waals surface area contributed by atoms with Crippen LogP contribution in [0.2, 0.25) is 0 Å². The SMILES string of the molecule is O=C(Nc1ccc2ccc3ccccc3c2n1)OCCCNCCCOC(=O)Nc1ccc2ccc3cccnc3c2n1. The van der Waals surface area contributed by atoms with Crippen LogP contribution in [-0.2, 0) is 9.47 Å². The van der Waals surface area contributed by atoms with Crippen LogP contribution in [0, 0.1) is 0 Å². The van der Waals surface area contributed by atoms with Gasteiger partial charge in [-0.15, -0.1) is 0 Å². The van der Waals surface area contributed by atoms with Gasteiger partial charge in [-0.1, -0.05) is 54.6 Å². The van der Waals surface area contributed by atoms with Gasteiger partial charge in [-0.05, 0) is 61.6 Å². The molecule has 0 saturated carbocycles. The quantitative estimate of drug-likeness (QED) is 0.123. The third-order valence-electron chi connectivity index (χ3n) is 6.94. The van der Waals surface area contributed by atoms with Crippen LogP contribution in [0.4, 0.5) is 21.2 Å². The lowest BCUT2D eigenvalue weighted by Gasteiger charge is -2.09. The summed E-state index contributed by atoms with van der Waals surface area (Å²) in [7, 11) is 0. The van der Waals surface area contributed by atoms with Gasteiger partial charge in [0.1, 0.15) is 11.6 Å². The number of ether oxygens (including phenoxy) is 2. The number of hydrogen-bond donors (Lipinski definition) is 3.